The Bertz CT molecular complexity index is 687. The van der Waals surface area contributed by atoms with Gasteiger partial charge in [-0.2, -0.15) is 0 Å². The Hall–Kier alpha value is -1.46. The van der Waals surface area contributed by atoms with Gasteiger partial charge < -0.3 is 10.2 Å². The van der Waals surface area contributed by atoms with Gasteiger partial charge in [-0.25, -0.2) is 4.98 Å². The minimum Gasteiger partial charge on any atom is -0.341 e. The van der Waals surface area contributed by atoms with Gasteiger partial charge in [-0.1, -0.05) is 19.1 Å². The van der Waals surface area contributed by atoms with Gasteiger partial charge in [0, 0.05) is 19.0 Å². The average Bonchev–Trinajstić information content (AvgIpc) is 3.05. The van der Waals surface area contributed by atoms with Crippen molar-refractivity contribution in [3.63, 3.8) is 0 Å². The number of carbonyl (C=O) groups excluding carboxylic acids is 1. The Morgan fingerprint density at radius 3 is 2.79 bits per heavy atom. The molecule has 4 nitrogen and oxygen atoms in total. The second-order valence-electron chi connectivity index (χ2n) is 7.26. The highest BCUT2D eigenvalue weighted by atomic mass is 32.1. The van der Waals surface area contributed by atoms with Crippen LogP contribution in [-0.2, 0) is 4.79 Å². The lowest BCUT2D eigenvalue weighted by molar-refractivity contribution is -0.135. The molecule has 3 heterocycles. The van der Waals surface area contributed by atoms with Crippen molar-refractivity contribution < 1.29 is 4.79 Å². The molecule has 1 aromatic heterocycles. The molecule has 2 fully saturated rings. The van der Waals surface area contributed by atoms with Gasteiger partial charge in [0.25, 0.3) is 0 Å². The number of nitrogens with one attached hydrogen (secondary N) is 1. The van der Waals surface area contributed by atoms with E-state index in [-0.39, 0.29) is 6.04 Å². The van der Waals surface area contributed by atoms with Crippen LogP contribution in [0.15, 0.2) is 24.3 Å². The van der Waals surface area contributed by atoms with Crippen molar-refractivity contribution in [2.24, 2.45) is 5.92 Å². The highest BCUT2D eigenvalue weighted by molar-refractivity contribution is 7.18. The SMILES string of the molecule is CC1CCNC(C(=O)N2CCC(c3nc4ccccc4s3)CC2)C1. The maximum absolute atomic E-state index is 12.7. The van der Waals surface area contributed by atoms with Crippen molar-refractivity contribution in [1.82, 2.24) is 15.2 Å². The third-order valence-corrected chi connectivity index (χ3v) is 6.63. The second-order valence-corrected chi connectivity index (χ2v) is 8.32. The first kappa shape index (κ1) is 16.0. The average molecular weight is 343 g/mol. The smallest absolute Gasteiger partial charge is 0.239 e. The van der Waals surface area contributed by atoms with Crippen molar-refractivity contribution in [3.05, 3.63) is 29.3 Å². The Morgan fingerprint density at radius 2 is 2.04 bits per heavy atom. The number of piperidine rings is 2. The predicted octanol–water partition coefficient (Wildman–Crippen LogP) is 3.39. The molecule has 1 aromatic carbocycles. The number of hydrogen-bond donors (Lipinski definition) is 1. The predicted molar refractivity (Wildman–Crippen MR) is 98.4 cm³/mol. The lowest BCUT2D eigenvalue weighted by Gasteiger charge is -2.36. The number of fused-ring (bicyclic) bond motifs is 1. The van der Waals surface area contributed by atoms with Crippen LogP contribution in [0.25, 0.3) is 10.2 Å². The lowest BCUT2D eigenvalue weighted by atomic mass is 9.92. The van der Waals surface area contributed by atoms with Gasteiger partial charge in [-0.15, -0.1) is 11.3 Å². The van der Waals surface area contributed by atoms with E-state index in [1.54, 1.807) is 0 Å². The summed E-state index contributed by atoms with van der Waals surface area (Å²) in [5.41, 5.74) is 1.11. The molecule has 2 aromatic rings. The van der Waals surface area contributed by atoms with Crippen LogP contribution in [0.2, 0.25) is 0 Å². The molecule has 4 rings (SSSR count). The van der Waals surface area contributed by atoms with Crippen LogP contribution in [-0.4, -0.2) is 41.5 Å². The fourth-order valence-electron chi connectivity index (χ4n) is 3.93. The first-order valence-electron chi connectivity index (χ1n) is 9.08. The monoisotopic (exact) mass is 343 g/mol. The Morgan fingerprint density at radius 1 is 1.25 bits per heavy atom. The lowest BCUT2D eigenvalue weighted by Crippen LogP contribution is -2.51. The maximum Gasteiger partial charge on any atom is 0.239 e. The third-order valence-electron chi connectivity index (χ3n) is 5.43. The standard InChI is InChI=1S/C19H25N3OS/c1-13-6-9-20-16(12-13)19(23)22-10-7-14(8-11-22)18-21-15-4-2-3-5-17(15)24-18/h2-5,13-14,16,20H,6-12H2,1H3. The normalized spacial score (nSPS) is 26.0. The van der Waals surface area contributed by atoms with E-state index in [9.17, 15) is 4.79 Å². The molecule has 5 heteroatoms. The first-order valence-corrected chi connectivity index (χ1v) is 9.90. The Balaban J connectivity index is 1.38. The molecule has 2 aliphatic rings. The molecule has 2 saturated heterocycles. The number of benzene rings is 1. The van der Waals surface area contributed by atoms with Crippen molar-refractivity contribution in [3.8, 4) is 0 Å². The molecule has 2 atom stereocenters. The molecule has 128 valence electrons. The molecule has 0 bridgehead atoms. The number of aromatic nitrogens is 1. The third kappa shape index (κ3) is 3.20. The number of thiazole rings is 1. The topological polar surface area (TPSA) is 45.2 Å². The zero-order valence-corrected chi connectivity index (χ0v) is 15.0. The number of nitrogens with zero attached hydrogens (tertiary/aromatic N) is 2. The highest BCUT2D eigenvalue weighted by Gasteiger charge is 2.31. The molecule has 0 radical (unpaired) electrons. The summed E-state index contributed by atoms with van der Waals surface area (Å²) in [6, 6.07) is 8.39. The van der Waals surface area contributed by atoms with Crippen molar-refractivity contribution in [2.45, 2.75) is 44.6 Å². The Labute approximate surface area is 147 Å². The van der Waals surface area contributed by atoms with Crippen LogP contribution in [0.1, 0.15) is 43.5 Å². The molecule has 1 amide bonds. The first-order chi connectivity index (χ1) is 11.7. The number of amides is 1. The van der Waals surface area contributed by atoms with Gasteiger partial charge in [0.2, 0.25) is 5.91 Å². The van der Waals surface area contributed by atoms with E-state index in [0.717, 1.165) is 44.4 Å². The van der Waals surface area contributed by atoms with Gasteiger partial charge in [0.15, 0.2) is 0 Å². The van der Waals surface area contributed by atoms with Gasteiger partial charge in [0.1, 0.15) is 0 Å². The van der Waals surface area contributed by atoms with Crippen LogP contribution in [0.3, 0.4) is 0 Å². The minimum atomic E-state index is 0.0350. The number of hydrogen-bond acceptors (Lipinski definition) is 4. The summed E-state index contributed by atoms with van der Waals surface area (Å²) in [6.07, 6.45) is 4.24. The molecular formula is C19H25N3OS. The van der Waals surface area contributed by atoms with E-state index in [0.29, 0.717) is 17.7 Å². The summed E-state index contributed by atoms with van der Waals surface area (Å²) in [4.78, 5) is 19.6. The van der Waals surface area contributed by atoms with E-state index >= 15 is 0 Å². The summed E-state index contributed by atoms with van der Waals surface area (Å²) in [7, 11) is 0. The van der Waals surface area contributed by atoms with E-state index in [1.807, 2.05) is 17.4 Å². The van der Waals surface area contributed by atoms with Gasteiger partial charge in [0.05, 0.1) is 21.3 Å². The van der Waals surface area contributed by atoms with Gasteiger partial charge in [-0.3, -0.25) is 4.79 Å². The van der Waals surface area contributed by atoms with Gasteiger partial charge in [-0.05, 0) is 50.3 Å². The number of likely N-dealkylation sites (tertiary alicyclic amines) is 1. The Kier molecular flexibility index (Phi) is 4.55. The number of para-hydroxylation sites is 1. The maximum atomic E-state index is 12.7. The largest absolute Gasteiger partial charge is 0.341 e. The summed E-state index contributed by atoms with van der Waals surface area (Å²) in [5, 5.41) is 4.65. The summed E-state index contributed by atoms with van der Waals surface area (Å²) in [5.74, 6) is 1.47. The molecule has 0 spiro atoms. The summed E-state index contributed by atoms with van der Waals surface area (Å²) < 4.78 is 1.27. The number of carbonyl (C=O) groups is 1. The fraction of sp³-hybridized carbons (Fsp3) is 0.579. The van der Waals surface area contributed by atoms with E-state index in [2.05, 4.69) is 35.3 Å². The highest BCUT2D eigenvalue weighted by Crippen LogP contribution is 2.34. The van der Waals surface area contributed by atoms with Crippen LogP contribution in [0.5, 0.6) is 0 Å². The van der Waals surface area contributed by atoms with Crippen LogP contribution < -0.4 is 5.32 Å². The molecule has 1 N–H and O–H groups in total. The molecule has 24 heavy (non-hydrogen) atoms. The van der Waals surface area contributed by atoms with E-state index in [4.69, 9.17) is 4.98 Å². The van der Waals surface area contributed by atoms with Crippen LogP contribution in [0, 0.1) is 5.92 Å². The van der Waals surface area contributed by atoms with Crippen molar-refractivity contribution in [1.29, 1.82) is 0 Å². The molecule has 0 aliphatic carbocycles. The zero-order chi connectivity index (χ0) is 16.5. The molecule has 2 unspecified atom stereocenters. The van der Waals surface area contributed by atoms with E-state index in [1.165, 1.54) is 16.1 Å². The quantitative estimate of drug-likeness (QED) is 0.909. The minimum absolute atomic E-state index is 0.0350. The van der Waals surface area contributed by atoms with Gasteiger partial charge >= 0.3 is 0 Å². The number of rotatable bonds is 2. The molecular weight excluding hydrogens is 318 g/mol. The fourth-order valence-corrected chi connectivity index (χ4v) is 5.06. The van der Waals surface area contributed by atoms with Crippen LogP contribution >= 0.6 is 11.3 Å². The second kappa shape index (κ2) is 6.81. The summed E-state index contributed by atoms with van der Waals surface area (Å²) in [6.45, 7) is 4.96. The van der Waals surface area contributed by atoms with Crippen LogP contribution in [0.4, 0.5) is 0 Å². The molecule has 0 saturated carbocycles. The zero-order valence-electron chi connectivity index (χ0n) is 14.2. The summed E-state index contributed by atoms with van der Waals surface area (Å²) >= 11 is 1.81. The van der Waals surface area contributed by atoms with Crippen molar-refractivity contribution in [2.75, 3.05) is 19.6 Å². The van der Waals surface area contributed by atoms with E-state index < -0.39 is 0 Å². The molecule has 2 aliphatic heterocycles. The van der Waals surface area contributed by atoms with Crippen molar-refractivity contribution >= 4 is 27.5 Å².